The molecule has 0 aliphatic carbocycles. The highest BCUT2D eigenvalue weighted by molar-refractivity contribution is 6.44. The highest BCUT2D eigenvalue weighted by Crippen LogP contribution is 2.28. The summed E-state index contributed by atoms with van der Waals surface area (Å²) in [5, 5.41) is 2.30. The van der Waals surface area contributed by atoms with Crippen molar-refractivity contribution in [2.24, 2.45) is 0 Å². The zero-order valence-electron chi connectivity index (χ0n) is 18.2. The lowest BCUT2D eigenvalue weighted by molar-refractivity contribution is -0.274. The van der Waals surface area contributed by atoms with Gasteiger partial charge in [0.15, 0.2) is 0 Å². The molecular formula is C23H27ClF3N3O2. The Hall–Kier alpha value is -2.29. The first-order valence-corrected chi connectivity index (χ1v) is 10.9. The lowest BCUT2D eigenvalue weighted by Crippen LogP contribution is -2.41. The molecular weight excluding hydrogens is 443 g/mol. The van der Waals surface area contributed by atoms with Gasteiger partial charge in [-0.1, -0.05) is 24.6 Å². The predicted molar refractivity (Wildman–Crippen MR) is 121 cm³/mol. The maximum Gasteiger partial charge on any atom is 0.573 e. The number of ether oxygens (including phenoxy) is 2. The van der Waals surface area contributed by atoms with Gasteiger partial charge < -0.3 is 14.4 Å². The van der Waals surface area contributed by atoms with Crippen LogP contribution in [0.15, 0.2) is 36.4 Å². The number of halogens is 4. The summed E-state index contributed by atoms with van der Waals surface area (Å²) in [7, 11) is 0. The van der Waals surface area contributed by atoms with Gasteiger partial charge in [-0.25, -0.2) is 4.98 Å². The molecule has 174 valence electrons. The molecule has 0 bridgehead atoms. The minimum atomic E-state index is -4.73. The van der Waals surface area contributed by atoms with Crippen molar-refractivity contribution >= 4 is 34.2 Å². The minimum absolute atomic E-state index is 0.263. The van der Waals surface area contributed by atoms with Crippen molar-refractivity contribution in [1.29, 1.82) is 0 Å². The average molecular weight is 470 g/mol. The zero-order valence-corrected chi connectivity index (χ0v) is 18.9. The summed E-state index contributed by atoms with van der Waals surface area (Å²) in [4.78, 5) is 9.08. The van der Waals surface area contributed by atoms with Crippen molar-refractivity contribution in [3.63, 3.8) is 0 Å². The molecule has 9 heteroatoms. The van der Waals surface area contributed by atoms with Crippen LogP contribution in [0.4, 0.5) is 24.7 Å². The van der Waals surface area contributed by atoms with Gasteiger partial charge >= 0.3 is 6.36 Å². The van der Waals surface area contributed by atoms with Crippen LogP contribution in [0.3, 0.4) is 0 Å². The van der Waals surface area contributed by atoms with E-state index in [9.17, 15) is 13.2 Å². The summed E-state index contributed by atoms with van der Waals surface area (Å²) >= 11 is 6.45. The van der Waals surface area contributed by atoms with Crippen molar-refractivity contribution in [3.05, 3.63) is 47.0 Å². The second-order valence-corrected chi connectivity index (χ2v) is 7.76. The molecule has 0 amide bonds. The summed E-state index contributed by atoms with van der Waals surface area (Å²) in [6.45, 7) is 8.30. The van der Waals surface area contributed by atoms with Crippen molar-refractivity contribution in [2.75, 3.05) is 44.3 Å². The van der Waals surface area contributed by atoms with Gasteiger partial charge in [0.2, 0.25) is 0 Å². The van der Waals surface area contributed by atoms with E-state index in [4.69, 9.17) is 21.3 Å². The molecule has 32 heavy (non-hydrogen) atoms. The van der Waals surface area contributed by atoms with Crippen molar-refractivity contribution < 1.29 is 22.6 Å². The van der Waals surface area contributed by atoms with Crippen LogP contribution in [0.25, 0.3) is 11.1 Å². The van der Waals surface area contributed by atoms with Crippen LogP contribution >= 0.6 is 11.6 Å². The first-order chi connectivity index (χ1) is 15.3. The van der Waals surface area contributed by atoms with Gasteiger partial charge in [0.05, 0.1) is 18.6 Å². The van der Waals surface area contributed by atoms with Crippen LogP contribution < -0.4 is 20.2 Å². The van der Waals surface area contributed by atoms with Gasteiger partial charge in [0.1, 0.15) is 11.6 Å². The molecule has 0 saturated carbocycles. The summed E-state index contributed by atoms with van der Waals surface area (Å²) in [6, 6.07) is 9.69. The Morgan fingerprint density at radius 2 is 1.88 bits per heavy atom. The molecule has 0 N–H and O–H groups in total. The third-order valence-corrected chi connectivity index (χ3v) is 5.64. The molecule has 0 unspecified atom stereocenters. The van der Waals surface area contributed by atoms with E-state index in [0.717, 1.165) is 24.9 Å². The van der Waals surface area contributed by atoms with Gasteiger partial charge in [-0.15, -0.1) is 13.2 Å². The topological polar surface area (TPSA) is 37.8 Å². The zero-order chi connectivity index (χ0) is 23.1. The van der Waals surface area contributed by atoms with Crippen LogP contribution in [0, 0.1) is 0 Å². The third-order valence-electron chi connectivity index (χ3n) is 5.19. The summed E-state index contributed by atoms with van der Waals surface area (Å²) in [5.74, 6) is 0.413. The van der Waals surface area contributed by atoms with E-state index >= 15 is 0 Å². The van der Waals surface area contributed by atoms with E-state index in [1.807, 2.05) is 37.0 Å². The second-order valence-electron chi connectivity index (χ2n) is 7.30. The molecule has 1 aromatic heterocycles. The monoisotopic (exact) mass is 469 g/mol. The Morgan fingerprint density at radius 3 is 2.47 bits per heavy atom. The Balaban J connectivity index is 1.95. The standard InChI is InChI=1S/C23H27ClF3N3O2/c1-3-17-5-10-21(28-22(17)20(24)4-2)30(12-11-29-13-15-31-16-14-29)18-6-8-19(9-7-18)32-23(25,26)27/h3,5-10H,4,11-16H2,1-2H3/b17-3-,22-20-. The fourth-order valence-electron chi connectivity index (χ4n) is 3.50. The molecule has 5 nitrogen and oxygen atoms in total. The van der Waals surface area contributed by atoms with Crippen LogP contribution in [0.1, 0.15) is 20.3 Å². The van der Waals surface area contributed by atoms with Gasteiger partial charge in [0.25, 0.3) is 0 Å². The smallest absolute Gasteiger partial charge is 0.406 e. The maximum absolute atomic E-state index is 12.5. The summed E-state index contributed by atoms with van der Waals surface area (Å²) in [5.41, 5.74) is 0.715. The number of morpholine rings is 1. The molecule has 1 saturated heterocycles. The number of benzene rings is 1. The molecule has 1 aliphatic heterocycles. The van der Waals surface area contributed by atoms with Crippen LogP contribution in [0.2, 0.25) is 0 Å². The predicted octanol–water partition coefficient (Wildman–Crippen LogP) is 4.01. The number of hydrogen-bond acceptors (Lipinski definition) is 5. The van der Waals surface area contributed by atoms with E-state index in [-0.39, 0.29) is 5.75 Å². The molecule has 0 atom stereocenters. The number of aromatic nitrogens is 1. The van der Waals surface area contributed by atoms with Crippen LogP contribution in [-0.2, 0) is 4.74 Å². The number of hydrogen-bond donors (Lipinski definition) is 0. The third kappa shape index (κ3) is 6.60. The lowest BCUT2D eigenvalue weighted by atomic mass is 10.2. The molecule has 1 aromatic carbocycles. The molecule has 2 aromatic rings. The number of pyridine rings is 1. The van der Waals surface area contributed by atoms with Crippen molar-refractivity contribution in [2.45, 2.75) is 26.6 Å². The lowest BCUT2D eigenvalue weighted by Gasteiger charge is -2.30. The maximum atomic E-state index is 12.5. The second kappa shape index (κ2) is 11.0. The molecule has 1 aliphatic rings. The average Bonchev–Trinajstić information content (AvgIpc) is 2.79. The fraction of sp³-hybridized carbons (Fsp3) is 0.435. The van der Waals surface area contributed by atoms with E-state index in [1.54, 1.807) is 12.1 Å². The summed E-state index contributed by atoms with van der Waals surface area (Å²) < 4.78 is 47.0. The number of alkyl halides is 3. The normalized spacial score (nSPS) is 16.8. The van der Waals surface area contributed by atoms with Gasteiger partial charge in [-0.2, -0.15) is 0 Å². The van der Waals surface area contributed by atoms with E-state index in [1.165, 1.54) is 12.1 Å². The van der Waals surface area contributed by atoms with E-state index < -0.39 is 6.36 Å². The Labute approximate surface area is 190 Å². The first-order valence-electron chi connectivity index (χ1n) is 10.6. The minimum Gasteiger partial charge on any atom is -0.406 e. The van der Waals surface area contributed by atoms with Crippen molar-refractivity contribution in [1.82, 2.24) is 9.88 Å². The number of anilines is 2. The van der Waals surface area contributed by atoms with Gasteiger partial charge in [-0.05, 0) is 55.0 Å². The number of rotatable bonds is 7. The molecule has 0 spiro atoms. The quantitative estimate of drug-likeness (QED) is 0.612. The molecule has 3 rings (SSSR count). The van der Waals surface area contributed by atoms with Crippen LogP contribution in [-0.4, -0.2) is 55.6 Å². The largest absolute Gasteiger partial charge is 0.573 e. The molecule has 0 radical (unpaired) electrons. The Kier molecular flexibility index (Phi) is 8.39. The van der Waals surface area contributed by atoms with Gasteiger partial charge in [-0.3, -0.25) is 4.90 Å². The highest BCUT2D eigenvalue weighted by atomic mass is 35.5. The first kappa shape index (κ1) is 24.4. The molecule has 1 fully saturated rings. The van der Waals surface area contributed by atoms with Crippen molar-refractivity contribution in [3.8, 4) is 5.75 Å². The van der Waals surface area contributed by atoms with Crippen LogP contribution in [0.5, 0.6) is 5.75 Å². The molecule has 2 heterocycles. The van der Waals surface area contributed by atoms with E-state index in [0.29, 0.717) is 48.1 Å². The van der Waals surface area contributed by atoms with E-state index in [2.05, 4.69) is 9.64 Å². The summed E-state index contributed by atoms with van der Waals surface area (Å²) in [6.07, 6.45) is -2.13. The highest BCUT2D eigenvalue weighted by Gasteiger charge is 2.31. The SMILES string of the molecule is C/C=c1/ccc(N(CCN2CCOCC2)c2ccc(OC(F)(F)F)cc2)n/c1=C(\Cl)CC. The Bertz CT molecular complexity index is 1010. The fourth-order valence-corrected chi connectivity index (χ4v) is 3.65. The van der Waals surface area contributed by atoms with Gasteiger partial charge in [0, 0.05) is 36.9 Å². The number of nitrogens with zero attached hydrogens (tertiary/aromatic N) is 3. The Morgan fingerprint density at radius 1 is 1.19 bits per heavy atom.